The van der Waals surface area contributed by atoms with Gasteiger partial charge < -0.3 is 10.2 Å². The second-order valence-corrected chi connectivity index (χ2v) is 8.49. The molecule has 2 fully saturated rings. The fourth-order valence-electron chi connectivity index (χ4n) is 4.82. The number of likely N-dealkylation sites (tertiary alicyclic amines) is 1. The summed E-state index contributed by atoms with van der Waals surface area (Å²) >= 11 is 0. The van der Waals surface area contributed by atoms with Gasteiger partial charge in [-0.3, -0.25) is 4.79 Å². The summed E-state index contributed by atoms with van der Waals surface area (Å²) in [4.78, 5) is 20.5. The molecular formula is C25H29Cl2N3O. The summed E-state index contributed by atoms with van der Waals surface area (Å²) in [6, 6.07) is 18.3. The number of nitrogens with one attached hydrogen (secondary N) is 1. The van der Waals surface area contributed by atoms with Gasteiger partial charge in [0, 0.05) is 24.0 Å². The molecule has 2 aromatic carbocycles. The van der Waals surface area contributed by atoms with Gasteiger partial charge in [-0.15, -0.1) is 24.8 Å². The number of pyridine rings is 1. The highest BCUT2D eigenvalue weighted by Gasteiger charge is 2.32. The molecule has 2 aliphatic heterocycles. The third-order valence-corrected chi connectivity index (χ3v) is 6.60. The molecule has 1 amide bonds. The average molecular weight is 458 g/mol. The number of hydrogen-bond acceptors (Lipinski definition) is 3. The monoisotopic (exact) mass is 457 g/mol. The van der Waals surface area contributed by atoms with Gasteiger partial charge in [-0.05, 0) is 56.8 Å². The number of aryl methyl sites for hydroxylation is 1. The first-order valence-corrected chi connectivity index (χ1v) is 10.7. The molecule has 0 saturated carbocycles. The third-order valence-electron chi connectivity index (χ3n) is 6.60. The van der Waals surface area contributed by atoms with E-state index in [9.17, 15) is 4.79 Å². The molecule has 0 bridgehead atoms. The highest BCUT2D eigenvalue weighted by atomic mass is 35.5. The van der Waals surface area contributed by atoms with Crippen LogP contribution in [0.4, 0.5) is 0 Å². The smallest absolute Gasteiger partial charge is 0.254 e. The number of halogens is 2. The Bertz CT molecular complexity index is 1040. The predicted octanol–water partition coefficient (Wildman–Crippen LogP) is 5.13. The van der Waals surface area contributed by atoms with Gasteiger partial charge in [-0.25, -0.2) is 4.98 Å². The zero-order chi connectivity index (χ0) is 19.8. The van der Waals surface area contributed by atoms with Crippen LogP contribution in [0.15, 0.2) is 54.6 Å². The van der Waals surface area contributed by atoms with E-state index in [0.29, 0.717) is 11.8 Å². The molecule has 0 aliphatic carbocycles. The van der Waals surface area contributed by atoms with Gasteiger partial charge in [0.25, 0.3) is 5.91 Å². The van der Waals surface area contributed by atoms with Crippen LogP contribution in [0.2, 0.25) is 0 Å². The van der Waals surface area contributed by atoms with Crippen molar-refractivity contribution < 1.29 is 4.79 Å². The molecule has 3 heterocycles. The number of rotatable bonds is 2. The number of fused-ring (bicyclic) bond motifs is 2. The lowest BCUT2D eigenvalue weighted by atomic mass is 9.92. The molecule has 5 rings (SSSR count). The van der Waals surface area contributed by atoms with Crippen molar-refractivity contribution in [1.29, 1.82) is 0 Å². The zero-order valence-electron chi connectivity index (χ0n) is 17.7. The number of nitrogens with zero attached hydrogens (tertiary/aromatic N) is 2. The standard InChI is InChI=1S/C25H27N3O.2ClH/c1-17-6-8-18(9-7-17)24-14-22(21-4-2-3-5-23(21)27-24)25(29)28-12-10-19-15-26-16-20(19)11-13-28;;/h2-9,14,19-20,26H,10-13,15-16H2,1H3;2*1H/t19-,20+;;. The molecule has 3 aromatic rings. The Morgan fingerprint density at radius 1 is 0.968 bits per heavy atom. The second-order valence-electron chi connectivity index (χ2n) is 8.49. The summed E-state index contributed by atoms with van der Waals surface area (Å²) in [6.45, 7) is 5.97. The molecule has 1 aromatic heterocycles. The summed E-state index contributed by atoms with van der Waals surface area (Å²) in [7, 11) is 0. The van der Waals surface area contributed by atoms with Crippen LogP contribution in [0.5, 0.6) is 0 Å². The van der Waals surface area contributed by atoms with Gasteiger partial charge in [0.2, 0.25) is 0 Å². The number of benzene rings is 2. The van der Waals surface area contributed by atoms with E-state index >= 15 is 0 Å². The quantitative estimate of drug-likeness (QED) is 0.580. The van der Waals surface area contributed by atoms with Crippen molar-refractivity contribution in [2.75, 3.05) is 26.2 Å². The Balaban J connectivity index is 0.00000136. The van der Waals surface area contributed by atoms with E-state index in [1.807, 2.05) is 30.3 Å². The van der Waals surface area contributed by atoms with E-state index in [1.54, 1.807) is 0 Å². The van der Waals surface area contributed by atoms with Crippen LogP contribution in [0, 0.1) is 18.8 Å². The predicted molar refractivity (Wildman–Crippen MR) is 131 cm³/mol. The molecule has 6 heteroatoms. The van der Waals surface area contributed by atoms with E-state index in [4.69, 9.17) is 4.98 Å². The van der Waals surface area contributed by atoms with Gasteiger partial charge >= 0.3 is 0 Å². The Kier molecular flexibility index (Phi) is 7.58. The molecular weight excluding hydrogens is 429 g/mol. The van der Waals surface area contributed by atoms with E-state index < -0.39 is 0 Å². The maximum absolute atomic E-state index is 13.6. The van der Waals surface area contributed by atoms with Crippen molar-refractivity contribution in [3.05, 3.63) is 65.7 Å². The molecule has 2 atom stereocenters. The Morgan fingerprint density at radius 2 is 1.61 bits per heavy atom. The van der Waals surface area contributed by atoms with Crippen LogP contribution in [0.3, 0.4) is 0 Å². The van der Waals surface area contributed by atoms with E-state index in [-0.39, 0.29) is 30.7 Å². The van der Waals surface area contributed by atoms with E-state index in [0.717, 1.165) is 66.7 Å². The summed E-state index contributed by atoms with van der Waals surface area (Å²) in [5, 5.41) is 4.45. The molecule has 1 N–H and O–H groups in total. The fraction of sp³-hybridized carbons (Fsp3) is 0.360. The maximum Gasteiger partial charge on any atom is 0.254 e. The summed E-state index contributed by atoms with van der Waals surface area (Å²) in [5.41, 5.74) is 4.78. The molecule has 164 valence electrons. The summed E-state index contributed by atoms with van der Waals surface area (Å²) < 4.78 is 0. The molecule has 0 spiro atoms. The van der Waals surface area contributed by atoms with Crippen LogP contribution < -0.4 is 5.32 Å². The van der Waals surface area contributed by atoms with Crippen molar-refractivity contribution >= 4 is 41.6 Å². The molecule has 0 radical (unpaired) electrons. The lowest BCUT2D eigenvalue weighted by Gasteiger charge is -2.22. The number of amides is 1. The van der Waals surface area contributed by atoms with Crippen LogP contribution in [0.1, 0.15) is 28.8 Å². The van der Waals surface area contributed by atoms with Crippen molar-refractivity contribution in [2.45, 2.75) is 19.8 Å². The SMILES string of the molecule is Cc1ccc(-c2cc(C(=O)N3CC[C@@H]4CNC[C@@H]4CC3)c3ccccc3n2)cc1.Cl.Cl. The topological polar surface area (TPSA) is 45.2 Å². The number of aromatic nitrogens is 1. The Hall–Kier alpha value is -2.14. The molecule has 2 aliphatic rings. The molecule has 4 nitrogen and oxygen atoms in total. The Morgan fingerprint density at radius 3 is 2.29 bits per heavy atom. The Labute approximate surface area is 196 Å². The highest BCUT2D eigenvalue weighted by Crippen LogP contribution is 2.30. The molecule has 2 saturated heterocycles. The first kappa shape index (κ1) is 23.5. The third kappa shape index (κ3) is 4.72. The van der Waals surface area contributed by atoms with Crippen molar-refractivity contribution in [3.8, 4) is 11.3 Å². The minimum absolute atomic E-state index is 0. The van der Waals surface area contributed by atoms with Crippen molar-refractivity contribution in [1.82, 2.24) is 15.2 Å². The molecule has 31 heavy (non-hydrogen) atoms. The number of carbonyl (C=O) groups excluding carboxylic acids is 1. The maximum atomic E-state index is 13.6. The lowest BCUT2D eigenvalue weighted by molar-refractivity contribution is 0.0760. The minimum atomic E-state index is 0. The first-order chi connectivity index (χ1) is 14.2. The normalized spacial score (nSPS) is 20.4. The van der Waals surface area contributed by atoms with E-state index in [2.05, 4.69) is 41.4 Å². The van der Waals surface area contributed by atoms with Crippen LogP contribution in [0.25, 0.3) is 22.2 Å². The summed E-state index contributed by atoms with van der Waals surface area (Å²) in [5.74, 6) is 1.57. The number of hydrogen-bond donors (Lipinski definition) is 1. The zero-order valence-corrected chi connectivity index (χ0v) is 19.3. The van der Waals surface area contributed by atoms with Gasteiger partial charge in [0.15, 0.2) is 0 Å². The summed E-state index contributed by atoms with van der Waals surface area (Å²) in [6.07, 6.45) is 2.19. The molecule has 0 unspecified atom stereocenters. The fourth-order valence-corrected chi connectivity index (χ4v) is 4.82. The van der Waals surface area contributed by atoms with Crippen molar-refractivity contribution in [2.24, 2.45) is 11.8 Å². The van der Waals surface area contributed by atoms with Crippen molar-refractivity contribution in [3.63, 3.8) is 0 Å². The van der Waals surface area contributed by atoms with Crippen LogP contribution in [-0.4, -0.2) is 42.0 Å². The van der Waals surface area contributed by atoms with E-state index in [1.165, 1.54) is 5.56 Å². The van der Waals surface area contributed by atoms with Crippen LogP contribution >= 0.6 is 24.8 Å². The number of para-hydroxylation sites is 1. The lowest BCUT2D eigenvalue weighted by Crippen LogP contribution is -2.33. The first-order valence-electron chi connectivity index (χ1n) is 10.7. The average Bonchev–Trinajstić information content (AvgIpc) is 3.11. The van der Waals surface area contributed by atoms with Crippen LogP contribution in [-0.2, 0) is 0 Å². The van der Waals surface area contributed by atoms with Gasteiger partial charge in [0.05, 0.1) is 16.8 Å². The number of carbonyl (C=O) groups is 1. The largest absolute Gasteiger partial charge is 0.339 e. The minimum Gasteiger partial charge on any atom is -0.339 e. The van der Waals surface area contributed by atoms with Gasteiger partial charge in [-0.2, -0.15) is 0 Å². The second kappa shape index (κ2) is 9.99. The highest BCUT2D eigenvalue weighted by molar-refractivity contribution is 6.07. The van der Waals surface area contributed by atoms with Gasteiger partial charge in [-0.1, -0.05) is 48.0 Å². The van der Waals surface area contributed by atoms with Gasteiger partial charge in [0.1, 0.15) is 0 Å².